The highest BCUT2D eigenvalue weighted by atomic mass is 19.1. The van der Waals surface area contributed by atoms with Gasteiger partial charge in [0.1, 0.15) is 11.6 Å². The fraction of sp³-hybridized carbons (Fsp3) is 0.348. The summed E-state index contributed by atoms with van der Waals surface area (Å²) in [5, 5.41) is 8.57. The molecule has 3 aliphatic rings. The number of hydrogen-bond donors (Lipinski definition) is 3. The van der Waals surface area contributed by atoms with E-state index in [0.717, 1.165) is 31.6 Å². The predicted molar refractivity (Wildman–Crippen MR) is 126 cm³/mol. The van der Waals surface area contributed by atoms with Crippen molar-refractivity contribution in [3.8, 4) is 5.75 Å². The molecule has 3 aliphatic heterocycles. The molecular weight excluding hydrogens is 455 g/mol. The Balaban J connectivity index is 1.16. The smallest absolute Gasteiger partial charge is 0.269 e. The summed E-state index contributed by atoms with van der Waals surface area (Å²) in [6.45, 7) is 4.92. The molecule has 0 spiro atoms. The molecule has 6 heterocycles. The number of anilines is 6. The molecule has 6 rings (SSSR count). The first-order chi connectivity index (χ1) is 16.8. The molecular formula is C23H23FN8O3. The molecule has 3 aromatic rings. The Morgan fingerprint density at radius 3 is 2.77 bits per heavy atom. The van der Waals surface area contributed by atoms with E-state index < -0.39 is 11.4 Å². The summed E-state index contributed by atoms with van der Waals surface area (Å²) in [6.07, 6.45) is 4.08. The maximum atomic E-state index is 14.4. The topological polar surface area (TPSA) is 126 Å². The number of morpholine rings is 1. The van der Waals surface area contributed by atoms with Crippen LogP contribution >= 0.6 is 0 Å². The molecule has 12 heteroatoms. The largest absolute Gasteiger partial charge is 0.474 e. The van der Waals surface area contributed by atoms with Crippen LogP contribution in [-0.2, 0) is 9.53 Å². The molecule has 0 aliphatic carbocycles. The number of carbonyl (C=O) groups is 1. The van der Waals surface area contributed by atoms with Crippen molar-refractivity contribution in [3.63, 3.8) is 0 Å². The summed E-state index contributed by atoms with van der Waals surface area (Å²) in [5.41, 5.74) is -0.334. The van der Waals surface area contributed by atoms with E-state index in [-0.39, 0.29) is 29.3 Å². The van der Waals surface area contributed by atoms with Crippen LogP contribution in [0.15, 0.2) is 36.7 Å². The molecule has 3 N–H and O–H groups in total. The van der Waals surface area contributed by atoms with Crippen LogP contribution in [-0.4, -0.2) is 56.7 Å². The van der Waals surface area contributed by atoms with E-state index in [1.165, 1.54) is 0 Å². The SMILES string of the molecule is CC1(C)Oc2ccc(Nc3nc(Nc4ccc(N5CC6CC5CO6)nc4)ncc3F)nc2NC1=O. The second-order valence-corrected chi connectivity index (χ2v) is 9.15. The predicted octanol–water partition coefficient (Wildman–Crippen LogP) is 2.98. The van der Waals surface area contributed by atoms with Gasteiger partial charge in [-0.3, -0.25) is 4.79 Å². The van der Waals surface area contributed by atoms with Gasteiger partial charge in [0.25, 0.3) is 5.91 Å². The number of nitrogens with one attached hydrogen (secondary N) is 3. The number of hydrogen-bond acceptors (Lipinski definition) is 10. The minimum Gasteiger partial charge on any atom is -0.474 e. The summed E-state index contributed by atoms with van der Waals surface area (Å²) in [5.74, 6) is 0.990. The van der Waals surface area contributed by atoms with Crippen LogP contribution in [0, 0.1) is 5.82 Å². The van der Waals surface area contributed by atoms with Gasteiger partial charge in [-0.25, -0.2) is 19.3 Å². The summed E-state index contributed by atoms with van der Waals surface area (Å²) in [4.78, 5) is 31.5. The molecule has 11 nitrogen and oxygen atoms in total. The van der Waals surface area contributed by atoms with Gasteiger partial charge in [-0.05, 0) is 44.5 Å². The number of halogens is 1. The number of carbonyl (C=O) groups excluding carboxylic acids is 1. The number of pyridine rings is 2. The lowest BCUT2D eigenvalue weighted by molar-refractivity contribution is -0.129. The third-order valence-electron chi connectivity index (χ3n) is 6.19. The lowest BCUT2D eigenvalue weighted by Gasteiger charge is -2.30. The molecule has 0 saturated carbocycles. The summed E-state index contributed by atoms with van der Waals surface area (Å²) >= 11 is 0. The third kappa shape index (κ3) is 4.05. The Bertz CT molecular complexity index is 1300. The Kier molecular flexibility index (Phi) is 4.92. The van der Waals surface area contributed by atoms with Crippen LogP contribution in [0.25, 0.3) is 0 Å². The minimum atomic E-state index is -1.00. The van der Waals surface area contributed by atoms with Crippen molar-refractivity contribution in [2.75, 3.05) is 34.0 Å². The Morgan fingerprint density at radius 2 is 2.03 bits per heavy atom. The van der Waals surface area contributed by atoms with E-state index in [9.17, 15) is 9.18 Å². The summed E-state index contributed by atoms with van der Waals surface area (Å²) < 4.78 is 25.8. The number of fused-ring (bicyclic) bond motifs is 3. The fourth-order valence-corrected chi connectivity index (χ4v) is 4.34. The van der Waals surface area contributed by atoms with Crippen molar-refractivity contribution in [2.45, 2.75) is 38.0 Å². The normalized spacial score (nSPS) is 21.8. The van der Waals surface area contributed by atoms with E-state index in [1.54, 1.807) is 32.2 Å². The molecule has 2 fully saturated rings. The molecule has 2 atom stereocenters. The zero-order chi connectivity index (χ0) is 24.2. The van der Waals surface area contributed by atoms with Crippen molar-refractivity contribution >= 4 is 40.8 Å². The molecule has 35 heavy (non-hydrogen) atoms. The highest BCUT2D eigenvalue weighted by molar-refractivity contribution is 5.99. The van der Waals surface area contributed by atoms with Crippen LogP contribution in [0.5, 0.6) is 5.75 Å². The Labute approximate surface area is 200 Å². The van der Waals surface area contributed by atoms with E-state index >= 15 is 0 Å². The van der Waals surface area contributed by atoms with E-state index in [1.807, 2.05) is 12.1 Å². The number of ether oxygens (including phenoxy) is 2. The molecule has 180 valence electrons. The highest BCUT2D eigenvalue weighted by Gasteiger charge is 2.39. The zero-order valence-electron chi connectivity index (χ0n) is 19.1. The van der Waals surface area contributed by atoms with Gasteiger partial charge in [-0.15, -0.1) is 0 Å². The molecule has 2 unspecified atom stereocenters. The van der Waals surface area contributed by atoms with Gasteiger partial charge in [-0.1, -0.05) is 0 Å². The lowest BCUT2D eigenvalue weighted by atomic mass is 10.1. The van der Waals surface area contributed by atoms with Gasteiger partial charge in [-0.2, -0.15) is 4.98 Å². The van der Waals surface area contributed by atoms with Crippen molar-refractivity contribution in [1.82, 2.24) is 19.9 Å². The van der Waals surface area contributed by atoms with Crippen LogP contribution in [0.2, 0.25) is 0 Å². The monoisotopic (exact) mass is 478 g/mol. The maximum Gasteiger partial charge on any atom is 0.269 e. The van der Waals surface area contributed by atoms with Crippen molar-refractivity contribution in [2.24, 2.45) is 0 Å². The maximum absolute atomic E-state index is 14.4. The van der Waals surface area contributed by atoms with Gasteiger partial charge in [0.15, 0.2) is 28.8 Å². The van der Waals surface area contributed by atoms with E-state index in [2.05, 4.69) is 40.8 Å². The van der Waals surface area contributed by atoms with Gasteiger partial charge in [0.2, 0.25) is 5.95 Å². The Morgan fingerprint density at radius 1 is 1.14 bits per heavy atom. The van der Waals surface area contributed by atoms with Gasteiger partial charge in [0, 0.05) is 6.54 Å². The first-order valence-corrected chi connectivity index (χ1v) is 11.3. The second-order valence-electron chi connectivity index (χ2n) is 9.15. The first-order valence-electron chi connectivity index (χ1n) is 11.3. The molecule has 0 aromatic carbocycles. The Hall–Kier alpha value is -4.06. The average molecular weight is 478 g/mol. The number of rotatable bonds is 5. The van der Waals surface area contributed by atoms with Crippen molar-refractivity contribution in [3.05, 3.63) is 42.5 Å². The number of aromatic nitrogens is 4. The van der Waals surface area contributed by atoms with Crippen molar-refractivity contribution in [1.29, 1.82) is 0 Å². The van der Waals surface area contributed by atoms with Crippen LogP contribution < -0.4 is 25.6 Å². The second kappa shape index (κ2) is 8.01. The lowest BCUT2D eigenvalue weighted by Crippen LogP contribution is -2.46. The molecule has 1 amide bonds. The third-order valence-corrected chi connectivity index (χ3v) is 6.19. The van der Waals surface area contributed by atoms with Crippen LogP contribution in [0.4, 0.5) is 39.3 Å². The van der Waals surface area contributed by atoms with Crippen LogP contribution in [0.1, 0.15) is 20.3 Å². The fourth-order valence-electron chi connectivity index (χ4n) is 4.34. The molecule has 2 saturated heterocycles. The quantitative estimate of drug-likeness (QED) is 0.504. The van der Waals surface area contributed by atoms with Gasteiger partial charge < -0.3 is 30.3 Å². The van der Waals surface area contributed by atoms with Gasteiger partial charge in [0.05, 0.1) is 36.8 Å². The summed E-state index contributed by atoms with van der Waals surface area (Å²) in [7, 11) is 0. The number of nitrogens with zero attached hydrogens (tertiary/aromatic N) is 5. The number of amides is 1. The molecule has 0 radical (unpaired) electrons. The zero-order valence-corrected chi connectivity index (χ0v) is 19.1. The minimum absolute atomic E-state index is 0.0731. The van der Waals surface area contributed by atoms with Gasteiger partial charge >= 0.3 is 0 Å². The molecule has 2 bridgehead atoms. The first kappa shape index (κ1) is 21.5. The highest BCUT2D eigenvalue weighted by Crippen LogP contribution is 2.34. The average Bonchev–Trinajstić information content (AvgIpc) is 3.47. The molecule has 3 aromatic heterocycles. The van der Waals surface area contributed by atoms with E-state index in [4.69, 9.17) is 9.47 Å². The standard InChI is InChI=1S/C23H23FN8O3/c1-23(2)21(33)30-20-16(35-23)4-5-17(29-20)28-19-15(24)9-26-22(31-19)27-12-3-6-18(25-8-12)32-10-14-7-13(32)11-34-14/h3-6,8-9,13-14H,7,10-11H2,1-2H3,(H3,26,27,28,29,30,31,33). The van der Waals surface area contributed by atoms with E-state index in [0.29, 0.717) is 23.6 Å². The van der Waals surface area contributed by atoms with Crippen molar-refractivity contribution < 1.29 is 18.7 Å². The summed E-state index contributed by atoms with van der Waals surface area (Å²) in [6, 6.07) is 7.45. The van der Waals surface area contributed by atoms with Crippen LogP contribution in [0.3, 0.4) is 0 Å².